The molecule has 2 N–H and O–H groups in total. The van der Waals surface area contributed by atoms with Crippen molar-refractivity contribution in [3.63, 3.8) is 0 Å². The SMILES string of the molecule is CNC(=O)CNC1CCCc2ccccc21. The molecule has 0 saturated carbocycles. The van der Waals surface area contributed by atoms with Gasteiger partial charge in [-0.15, -0.1) is 0 Å². The van der Waals surface area contributed by atoms with E-state index in [0.717, 1.165) is 12.8 Å². The molecule has 0 aliphatic heterocycles. The molecule has 0 heterocycles. The number of nitrogens with one attached hydrogen (secondary N) is 2. The number of hydrogen-bond acceptors (Lipinski definition) is 2. The molecule has 1 atom stereocenters. The van der Waals surface area contributed by atoms with Crippen LogP contribution in [0.15, 0.2) is 24.3 Å². The first-order chi connectivity index (χ1) is 7.81. The topological polar surface area (TPSA) is 41.1 Å². The van der Waals surface area contributed by atoms with E-state index in [4.69, 9.17) is 0 Å². The van der Waals surface area contributed by atoms with Crippen molar-refractivity contribution < 1.29 is 4.79 Å². The van der Waals surface area contributed by atoms with Gasteiger partial charge in [0.1, 0.15) is 0 Å². The van der Waals surface area contributed by atoms with Crippen LogP contribution in [0.25, 0.3) is 0 Å². The van der Waals surface area contributed by atoms with Crippen molar-refractivity contribution in [2.24, 2.45) is 0 Å². The Balaban J connectivity index is 2.04. The molecule has 16 heavy (non-hydrogen) atoms. The van der Waals surface area contributed by atoms with Crippen molar-refractivity contribution in [3.8, 4) is 0 Å². The summed E-state index contributed by atoms with van der Waals surface area (Å²) in [7, 11) is 1.67. The van der Waals surface area contributed by atoms with Crippen molar-refractivity contribution >= 4 is 5.91 Å². The molecule has 0 bridgehead atoms. The van der Waals surface area contributed by atoms with Gasteiger partial charge in [-0.2, -0.15) is 0 Å². The average Bonchev–Trinajstić information content (AvgIpc) is 2.35. The number of amides is 1. The highest BCUT2D eigenvalue weighted by Crippen LogP contribution is 2.28. The largest absolute Gasteiger partial charge is 0.358 e. The van der Waals surface area contributed by atoms with E-state index in [1.165, 1.54) is 17.5 Å². The van der Waals surface area contributed by atoms with Gasteiger partial charge < -0.3 is 10.6 Å². The van der Waals surface area contributed by atoms with Gasteiger partial charge in [-0.1, -0.05) is 24.3 Å². The number of fused-ring (bicyclic) bond motifs is 1. The lowest BCUT2D eigenvalue weighted by Crippen LogP contribution is -2.35. The van der Waals surface area contributed by atoms with Crippen molar-refractivity contribution in [1.29, 1.82) is 0 Å². The summed E-state index contributed by atoms with van der Waals surface area (Å²) in [5, 5.41) is 5.94. The van der Waals surface area contributed by atoms with Crippen molar-refractivity contribution in [2.45, 2.75) is 25.3 Å². The maximum atomic E-state index is 11.2. The zero-order valence-corrected chi connectivity index (χ0v) is 9.62. The Kier molecular flexibility index (Phi) is 3.57. The van der Waals surface area contributed by atoms with Crippen LogP contribution in [0.2, 0.25) is 0 Å². The summed E-state index contributed by atoms with van der Waals surface area (Å²) in [6.45, 7) is 0.398. The van der Waals surface area contributed by atoms with E-state index in [2.05, 4.69) is 34.9 Å². The Morgan fingerprint density at radius 3 is 3.06 bits per heavy atom. The summed E-state index contributed by atoms with van der Waals surface area (Å²) >= 11 is 0. The molecule has 3 heteroatoms. The molecule has 0 aromatic heterocycles. The van der Waals surface area contributed by atoms with Gasteiger partial charge in [0, 0.05) is 13.1 Å². The fourth-order valence-electron chi connectivity index (χ4n) is 2.27. The highest BCUT2D eigenvalue weighted by atomic mass is 16.1. The molecule has 1 amide bonds. The lowest BCUT2D eigenvalue weighted by molar-refractivity contribution is -0.119. The van der Waals surface area contributed by atoms with Gasteiger partial charge in [-0.25, -0.2) is 0 Å². The molecule has 0 spiro atoms. The quantitative estimate of drug-likeness (QED) is 0.805. The standard InChI is InChI=1S/C13H18N2O/c1-14-13(16)9-15-12-8-4-6-10-5-2-3-7-11(10)12/h2-3,5,7,12,15H,4,6,8-9H2,1H3,(H,14,16). The van der Waals surface area contributed by atoms with Crippen LogP contribution in [-0.2, 0) is 11.2 Å². The number of rotatable bonds is 3. The molecule has 2 rings (SSSR count). The van der Waals surface area contributed by atoms with Crippen LogP contribution in [0.1, 0.15) is 30.0 Å². The Morgan fingerprint density at radius 2 is 2.25 bits per heavy atom. The minimum Gasteiger partial charge on any atom is -0.358 e. The summed E-state index contributed by atoms with van der Waals surface area (Å²) < 4.78 is 0. The Bertz CT molecular complexity index is 376. The van der Waals surface area contributed by atoms with Crippen LogP contribution in [0, 0.1) is 0 Å². The molecule has 0 fully saturated rings. The average molecular weight is 218 g/mol. The molecular weight excluding hydrogens is 200 g/mol. The molecule has 3 nitrogen and oxygen atoms in total. The monoisotopic (exact) mass is 218 g/mol. The second-order valence-corrected chi connectivity index (χ2v) is 4.20. The van der Waals surface area contributed by atoms with Crippen LogP contribution in [-0.4, -0.2) is 19.5 Å². The van der Waals surface area contributed by atoms with E-state index in [1.807, 2.05) is 0 Å². The van der Waals surface area contributed by atoms with Gasteiger partial charge in [0.25, 0.3) is 0 Å². The predicted molar refractivity (Wildman–Crippen MR) is 64.2 cm³/mol. The highest BCUT2D eigenvalue weighted by molar-refractivity contribution is 5.77. The van der Waals surface area contributed by atoms with Gasteiger partial charge in [0.15, 0.2) is 0 Å². The second-order valence-electron chi connectivity index (χ2n) is 4.20. The molecular formula is C13H18N2O. The summed E-state index contributed by atoms with van der Waals surface area (Å²) in [6.07, 6.45) is 3.48. The molecule has 86 valence electrons. The molecule has 0 saturated heterocycles. The highest BCUT2D eigenvalue weighted by Gasteiger charge is 2.19. The van der Waals surface area contributed by atoms with Gasteiger partial charge in [-0.05, 0) is 30.4 Å². The summed E-state index contributed by atoms with van der Waals surface area (Å²) in [6, 6.07) is 8.83. The van der Waals surface area contributed by atoms with Crippen LogP contribution in [0.3, 0.4) is 0 Å². The van der Waals surface area contributed by atoms with E-state index in [1.54, 1.807) is 7.05 Å². The van der Waals surface area contributed by atoms with Crippen LogP contribution in [0.5, 0.6) is 0 Å². The van der Waals surface area contributed by atoms with Gasteiger partial charge >= 0.3 is 0 Å². The van der Waals surface area contributed by atoms with E-state index in [0.29, 0.717) is 12.6 Å². The Hall–Kier alpha value is -1.35. The number of hydrogen-bond donors (Lipinski definition) is 2. The zero-order valence-electron chi connectivity index (χ0n) is 9.62. The van der Waals surface area contributed by atoms with Crippen molar-refractivity contribution in [2.75, 3.05) is 13.6 Å². The number of likely N-dealkylation sites (N-methyl/N-ethyl adjacent to an activating group) is 1. The number of benzene rings is 1. The maximum absolute atomic E-state index is 11.2. The van der Waals surface area contributed by atoms with E-state index in [9.17, 15) is 4.79 Å². The molecule has 1 aromatic carbocycles. The number of carbonyl (C=O) groups excluding carboxylic acids is 1. The fourth-order valence-corrected chi connectivity index (χ4v) is 2.27. The fraction of sp³-hybridized carbons (Fsp3) is 0.462. The van der Waals surface area contributed by atoms with Crippen LogP contribution in [0.4, 0.5) is 0 Å². The van der Waals surface area contributed by atoms with Gasteiger partial charge in [0.2, 0.25) is 5.91 Å². The van der Waals surface area contributed by atoms with Crippen molar-refractivity contribution in [1.82, 2.24) is 10.6 Å². The molecule has 1 aromatic rings. The smallest absolute Gasteiger partial charge is 0.233 e. The molecule has 1 unspecified atom stereocenters. The maximum Gasteiger partial charge on any atom is 0.233 e. The third-order valence-corrected chi connectivity index (χ3v) is 3.16. The van der Waals surface area contributed by atoms with Gasteiger partial charge in [-0.3, -0.25) is 4.79 Å². The van der Waals surface area contributed by atoms with Crippen LogP contribution < -0.4 is 10.6 Å². The first kappa shape index (κ1) is 11.1. The lowest BCUT2D eigenvalue weighted by atomic mass is 9.88. The first-order valence-corrected chi connectivity index (χ1v) is 5.83. The van der Waals surface area contributed by atoms with E-state index in [-0.39, 0.29) is 5.91 Å². The minimum atomic E-state index is 0.0445. The number of carbonyl (C=O) groups is 1. The minimum absolute atomic E-state index is 0.0445. The predicted octanol–water partition coefficient (Wildman–Crippen LogP) is 1.40. The third-order valence-electron chi connectivity index (χ3n) is 3.16. The van der Waals surface area contributed by atoms with E-state index < -0.39 is 0 Å². The Labute approximate surface area is 96.2 Å². The summed E-state index contributed by atoms with van der Waals surface area (Å²) in [5.74, 6) is 0.0445. The summed E-state index contributed by atoms with van der Waals surface area (Å²) in [5.41, 5.74) is 2.78. The van der Waals surface area contributed by atoms with E-state index >= 15 is 0 Å². The zero-order chi connectivity index (χ0) is 11.4. The van der Waals surface area contributed by atoms with Gasteiger partial charge in [0.05, 0.1) is 6.54 Å². The normalized spacial score (nSPS) is 18.9. The van der Waals surface area contributed by atoms with Crippen LogP contribution >= 0.6 is 0 Å². The molecule has 1 aliphatic rings. The third kappa shape index (κ3) is 2.42. The first-order valence-electron chi connectivity index (χ1n) is 5.83. The lowest BCUT2D eigenvalue weighted by Gasteiger charge is -2.26. The molecule has 0 radical (unpaired) electrons. The Morgan fingerprint density at radius 1 is 1.44 bits per heavy atom. The van der Waals surface area contributed by atoms with Crippen molar-refractivity contribution in [3.05, 3.63) is 35.4 Å². The second kappa shape index (κ2) is 5.12. The molecule has 1 aliphatic carbocycles. The summed E-state index contributed by atoms with van der Waals surface area (Å²) in [4.78, 5) is 11.2. The number of aryl methyl sites for hydroxylation is 1.